The highest BCUT2D eigenvalue weighted by molar-refractivity contribution is 7.89. The molecule has 138 valence electrons. The van der Waals surface area contributed by atoms with Crippen LogP contribution in [0.5, 0.6) is 0 Å². The Morgan fingerprint density at radius 2 is 1.84 bits per heavy atom. The first-order chi connectivity index (χ1) is 11.9. The van der Waals surface area contributed by atoms with Gasteiger partial charge >= 0.3 is 5.97 Å². The number of nitrogens with zero attached hydrogens (tertiary/aromatic N) is 3. The summed E-state index contributed by atoms with van der Waals surface area (Å²) in [5, 5.41) is 0. The number of hydrogen-bond acceptors (Lipinski definition) is 5. The Morgan fingerprint density at radius 3 is 2.48 bits per heavy atom. The van der Waals surface area contributed by atoms with Crippen LogP contribution in [0.1, 0.15) is 36.2 Å². The minimum Gasteiger partial charge on any atom is -0.467 e. The number of sulfonamides is 1. The molecule has 0 radical (unpaired) electrons. The minimum absolute atomic E-state index is 0.120. The molecule has 2 fully saturated rings. The molecular weight excluding hydrogens is 346 g/mol. The lowest BCUT2D eigenvalue weighted by Gasteiger charge is -2.22. The van der Waals surface area contributed by atoms with E-state index in [2.05, 4.69) is 0 Å². The van der Waals surface area contributed by atoms with Gasteiger partial charge in [-0.3, -0.25) is 4.79 Å². The van der Waals surface area contributed by atoms with Crippen molar-refractivity contribution in [3.63, 3.8) is 0 Å². The van der Waals surface area contributed by atoms with Gasteiger partial charge < -0.3 is 14.2 Å². The lowest BCUT2D eigenvalue weighted by atomic mass is 10.2. The van der Waals surface area contributed by atoms with Gasteiger partial charge in [0.15, 0.2) is 0 Å². The maximum atomic E-state index is 12.8. The molecule has 0 aliphatic carbocycles. The summed E-state index contributed by atoms with van der Waals surface area (Å²) in [4.78, 5) is 26.3. The Bertz CT molecular complexity index is 780. The molecule has 0 spiro atoms. The summed E-state index contributed by atoms with van der Waals surface area (Å²) in [6, 6.07) is 0.800. The van der Waals surface area contributed by atoms with E-state index in [0.29, 0.717) is 26.1 Å². The SMILES string of the molecule is COC(=O)[C@@H]1CCCN1C(=O)c1cc(S(=O)(=O)N2CCCC2)cn1C. The Morgan fingerprint density at radius 1 is 1.16 bits per heavy atom. The Hall–Kier alpha value is -1.87. The van der Waals surface area contributed by atoms with Crippen LogP contribution < -0.4 is 0 Å². The zero-order valence-corrected chi connectivity index (χ0v) is 15.3. The van der Waals surface area contributed by atoms with Crippen molar-refractivity contribution in [2.75, 3.05) is 26.7 Å². The van der Waals surface area contributed by atoms with Gasteiger partial charge in [-0.25, -0.2) is 13.2 Å². The van der Waals surface area contributed by atoms with E-state index < -0.39 is 22.0 Å². The number of hydrogen-bond donors (Lipinski definition) is 0. The Kier molecular flexibility index (Phi) is 4.88. The first kappa shape index (κ1) is 17.9. The second-order valence-corrected chi connectivity index (χ2v) is 8.40. The average Bonchev–Trinajstić information content (AvgIpc) is 3.32. The predicted octanol–water partition coefficient (Wildman–Crippen LogP) is 0.587. The number of methoxy groups -OCH3 is 1. The van der Waals surface area contributed by atoms with Crippen LogP contribution in [0.15, 0.2) is 17.2 Å². The van der Waals surface area contributed by atoms with E-state index in [9.17, 15) is 18.0 Å². The molecule has 1 amide bonds. The normalized spacial score (nSPS) is 21.7. The zero-order valence-electron chi connectivity index (χ0n) is 14.5. The smallest absolute Gasteiger partial charge is 0.328 e. The van der Waals surface area contributed by atoms with Crippen LogP contribution in [0.4, 0.5) is 0 Å². The topological polar surface area (TPSA) is 88.9 Å². The van der Waals surface area contributed by atoms with E-state index >= 15 is 0 Å². The van der Waals surface area contributed by atoms with Gasteiger partial charge in [-0.05, 0) is 31.7 Å². The van der Waals surface area contributed by atoms with Gasteiger partial charge in [-0.2, -0.15) is 4.31 Å². The van der Waals surface area contributed by atoms with Crippen molar-refractivity contribution in [3.05, 3.63) is 18.0 Å². The van der Waals surface area contributed by atoms with E-state index in [0.717, 1.165) is 19.3 Å². The van der Waals surface area contributed by atoms with E-state index in [1.54, 1.807) is 7.05 Å². The van der Waals surface area contributed by atoms with Crippen molar-refractivity contribution < 1.29 is 22.7 Å². The average molecular weight is 369 g/mol. The summed E-state index contributed by atoms with van der Waals surface area (Å²) in [7, 11) is -0.645. The second-order valence-electron chi connectivity index (χ2n) is 6.46. The highest BCUT2D eigenvalue weighted by atomic mass is 32.2. The van der Waals surface area contributed by atoms with Gasteiger partial charge in [0.25, 0.3) is 5.91 Å². The molecule has 0 unspecified atom stereocenters. The van der Waals surface area contributed by atoms with Gasteiger partial charge in [0.05, 0.1) is 7.11 Å². The zero-order chi connectivity index (χ0) is 18.2. The third-order valence-electron chi connectivity index (χ3n) is 4.89. The van der Waals surface area contributed by atoms with Crippen molar-refractivity contribution in [3.8, 4) is 0 Å². The summed E-state index contributed by atoms with van der Waals surface area (Å²) in [6.45, 7) is 1.48. The maximum absolute atomic E-state index is 12.8. The summed E-state index contributed by atoms with van der Waals surface area (Å²) in [6.07, 6.45) is 4.44. The van der Waals surface area contributed by atoms with Crippen LogP contribution in [-0.4, -0.2) is 66.9 Å². The molecule has 0 bridgehead atoms. The monoisotopic (exact) mass is 369 g/mol. The Labute approximate surface area is 147 Å². The van der Waals surface area contributed by atoms with E-state index in [4.69, 9.17) is 4.74 Å². The Balaban J connectivity index is 1.87. The molecule has 0 aromatic carbocycles. The van der Waals surface area contributed by atoms with Crippen LogP contribution in [0.2, 0.25) is 0 Å². The third-order valence-corrected chi connectivity index (χ3v) is 6.75. The van der Waals surface area contributed by atoms with Gasteiger partial charge in [0.2, 0.25) is 10.0 Å². The van der Waals surface area contributed by atoms with Crippen LogP contribution in [0.3, 0.4) is 0 Å². The van der Waals surface area contributed by atoms with E-state index in [1.807, 2.05) is 0 Å². The number of carbonyl (C=O) groups is 2. The molecule has 0 N–H and O–H groups in total. The minimum atomic E-state index is -3.58. The standard InChI is InChI=1S/C16H23N3O5S/c1-17-11-12(25(22,23)18-7-3-4-8-18)10-14(17)15(20)19-9-5-6-13(19)16(21)24-2/h10-11,13H,3-9H2,1-2H3/t13-/m0/s1. The molecule has 0 saturated carbocycles. The van der Waals surface area contributed by atoms with Crippen molar-refractivity contribution in [1.82, 2.24) is 13.8 Å². The number of likely N-dealkylation sites (tertiary alicyclic amines) is 1. The highest BCUT2D eigenvalue weighted by Crippen LogP contribution is 2.25. The van der Waals surface area contributed by atoms with Crippen LogP contribution in [0, 0.1) is 0 Å². The summed E-state index contributed by atoms with van der Waals surface area (Å²) >= 11 is 0. The summed E-state index contributed by atoms with van der Waals surface area (Å²) in [5.74, 6) is -0.789. The molecule has 2 saturated heterocycles. The fraction of sp³-hybridized carbons (Fsp3) is 0.625. The first-order valence-corrected chi connectivity index (χ1v) is 9.85. The van der Waals surface area contributed by atoms with Crippen molar-refractivity contribution >= 4 is 21.9 Å². The molecule has 1 aromatic rings. The number of esters is 1. The van der Waals surface area contributed by atoms with Crippen LogP contribution >= 0.6 is 0 Å². The highest BCUT2D eigenvalue weighted by Gasteiger charge is 2.37. The van der Waals surface area contributed by atoms with Crippen molar-refractivity contribution in [1.29, 1.82) is 0 Å². The lowest BCUT2D eigenvalue weighted by Crippen LogP contribution is -2.41. The largest absolute Gasteiger partial charge is 0.467 e. The second kappa shape index (κ2) is 6.80. The van der Waals surface area contributed by atoms with Crippen molar-refractivity contribution in [2.45, 2.75) is 36.6 Å². The fourth-order valence-electron chi connectivity index (χ4n) is 3.50. The molecule has 9 heteroatoms. The van der Waals surface area contributed by atoms with Crippen LogP contribution in [0.25, 0.3) is 0 Å². The molecule has 8 nitrogen and oxygen atoms in total. The molecule has 3 rings (SSSR count). The third kappa shape index (κ3) is 3.18. The van der Waals surface area contributed by atoms with Gasteiger partial charge in [0.1, 0.15) is 16.6 Å². The molecule has 2 aliphatic heterocycles. The molecule has 1 atom stereocenters. The van der Waals surface area contributed by atoms with E-state index in [1.165, 1.54) is 33.1 Å². The predicted molar refractivity (Wildman–Crippen MR) is 89.5 cm³/mol. The van der Waals surface area contributed by atoms with Gasteiger partial charge in [-0.1, -0.05) is 0 Å². The number of amides is 1. The van der Waals surface area contributed by atoms with E-state index in [-0.39, 0.29) is 16.5 Å². The number of carbonyl (C=O) groups excluding carboxylic acids is 2. The quantitative estimate of drug-likeness (QED) is 0.725. The molecule has 3 heterocycles. The van der Waals surface area contributed by atoms with Crippen molar-refractivity contribution in [2.24, 2.45) is 7.05 Å². The van der Waals surface area contributed by atoms with Gasteiger partial charge in [-0.15, -0.1) is 0 Å². The number of ether oxygens (including phenoxy) is 1. The number of aryl methyl sites for hydroxylation is 1. The van der Waals surface area contributed by atoms with Gasteiger partial charge in [0, 0.05) is 32.9 Å². The number of aromatic nitrogens is 1. The first-order valence-electron chi connectivity index (χ1n) is 8.41. The number of rotatable bonds is 4. The summed E-state index contributed by atoms with van der Waals surface area (Å²) < 4.78 is 33.1. The molecule has 2 aliphatic rings. The maximum Gasteiger partial charge on any atom is 0.328 e. The molecular formula is C16H23N3O5S. The molecule has 1 aromatic heterocycles. The summed E-state index contributed by atoms with van der Waals surface area (Å²) in [5.41, 5.74) is 0.258. The van der Waals surface area contributed by atoms with Crippen LogP contribution in [-0.2, 0) is 26.6 Å². The fourth-order valence-corrected chi connectivity index (χ4v) is 5.09. The molecule has 25 heavy (non-hydrogen) atoms. The lowest BCUT2D eigenvalue weighted by molar-refractivity contribution is -0.145.